The van der Waals surface area contributed by atoms with Crippen LogP contribution in [0.3, 0.4) is 0 Å². The first-order chi connectivity index (χ1) is 13.6. The molecule has 0 saturated heterocycles. The molecule has 2 aliphatic carbocycles. The summed E-state index contributed by atoms with van der Waals surface area (Å²) in [5.41, 5.74) is -1.33. The van der Waals surface area contributed by atoms with Crippen LogP contribution in [0, 0.1) is 11.3 Å². The van der Waals surface area contributed by atoms with E-state index in [0.717, 1.165) is 43.2 Å². The van der Waals surface area contributed by atoms with Gasteiger partial charge in [0, 0.05) is 5.56 Å². The maximum absolute atomic E-state index is 12.9. The molecule has 1 aromatic rings. The van der Waals surface area contributed by atoms with Gasteiger partial charge < -0.3 is 8.92 Å². The molecule has 1 saturated carbocycles. The average molecular weight is 429 g/mol. The second-order valence-corrected chi connectivity index (χ2v) is 9.42. The minimum absolute atomic E-state index is 0.234. The summed E-state index contributed by atoms with van der Waals surface area (Å²) in [4.78, 5) is 11.9. The van der Waals surface area contributed by atoms with Crippen LogP contribution in [0.4, 0.5) is 13.2 Å². The van der Waals surface area contributed by atoms with Crippen LogP contribution in [-0.2, 0) is 15.3 Å². The van der Waals surface area contributed by atoms with Crippen molar-refractivity contribution in [1.29, 1.82) is 0 Å². The van der Waals surface area contributed by atoms with E-state index >= 15 is 0 Å². The average Bonchev–Trinajstić information content (AvgIpc) is 2.84. The van der Waals surface area contributed by atoms with Crippen molar-refractivity contribution in [3.8, 4) is 0 Å². The molecule has 3 nitrogen and oxygen atoms in total. The molecule has 1 aromatic carbocycles. The van der Waals surface area contributed by atoms with Crippen LogP contribution >= 0.6 is 12.0 Å². The maximum Gasteiger partial charge on any atom is 0.479 e. The summed E-state index contributed by atoms with van der Waals surface area (Å²) in [6.45, 7) is 4.48. The van der Waals surface area contributed by atoms with Gasteiger partial charge in [-0.15, -0.1) is 0 Å². The summed E-state index contributed by atoms with van der Waals surface area (Å²) in [6, 6.07) is 5.01. The topological polar surface area (TPSA) is 35.5 Å². The van der Waals surface area contributed by atoms with E-state index in [9.17, 15) is 18.0 Å². The summed E-state index contributed by atoms with van der Waals surface area (Å²) in [5.74, 6) is 0.113. The third-order valence-corrected chi connectivity index (χ3v) is 6.45. The Morgan fingerprint density at radius 1 is 1.17 bits per heavy atom. The van der Waals surface area contributed by atoms with Crippen LogP contribution in [0.25, 0.3) is 5.76 Å². The fourth-order valence-electron chi connectivity index (χ4n) is 4.35. The van der Waals surface area contributed by atoms with Crippen LogP contribution in [-0.4, -0.2) is 18.6 Å². The highest BCUT2D eigenvalue weighted by atomic mass is 32.2. The molecule has 0 aliphatic heterocycles. The number of esters is 1. The normalized spacial score (nSPS) is 20.1. The first kappa shape index (κ1) is 22.1. The Morgan fingerprint density at radius 2 is 1.86 bits per heavy atom. The number of carbonyl (C=O) groups excluding carboxylic acids is 1. The highest BCUT2D eigenvalue weighted by molar-refractivity contribution is 7.95. The molecule has 1 fully saturated rings. The minimum Gasteiger partial charge on any atom is -0.465 e. The Kier molecular flexibility index (Phi) is 6.56. The van der Waals surface area contributed by atoms with Crippen LogP contribution in [0.5, 0.6) is 0 Å². The van der Waals surface area contributed by atoms with Gasteiger partial charge in [0.15, 0.2) is 12.0 Å². The van der Waals surface area contributed by atoms with E-state index in [1.165, 1.54) is 7.11 Å². The lowest BCUT2D eigenvalue weighted by Gasteiger charge is -2.36. The Morgan fingerprint density at radius 3 is 2.48 bits per heavy atom. The monoisotopic (exact) mass is 428 g/mol. The van der Waals surface area contributed by atoms with Gasteiger partial charge in [-0.25, -0.2) is 4.79 Å². The van der Waals surface area contributed by atoms with Crippen molar-refractivity contribution in [3.05, 3.63) is 40.5 Å². The highest BCUT2D eigenvalue weighted by Gasteiger charge is 2.36. The molecule has 0 radical (unpaired) electrons. The predicted octanol–water partition coefficient (Wildman–Crippen LogP) is 6.92. The summed E-state index contributed by atoms with van der Waals surface area (Å²) in [7, 11) is 1.31. The molecular formula is C22H27F3O3S. The Balaban J connectivity index is 2.00. The number of benzene rings is 1. The largest absolute Gasteiger partial charge is 0.479 e. The number of fused-ring (bicyclic) bond motifs is 1. The quantitative estimate of drug-likeness (QED) is 0.385. The third kappa shape index (κ3) is 5.50. The predicted molar refractivity (Wildman–Crippen MR) is 108 cm³/mol. The molecule has 0 amide bonds. The number of hydrogen-bond donors (Lipinski definition) is 0. The van der Waals surface area contributed by atoms with Crippen molar-refractivity contribution in [2.45, 2.75) is 64.3 Å². The zero-order valence-electron chi connectivity index (χ0n) is 17.0. The van der Waals surface area contributed by atoms with E-state index in [1.807, 2.05) is 0 Å². The van der Waals surface area contributed by atoms with E-state index in [2.05, 4.69) is 13.8 Å². The van der Waals surface area contributed by atoms with Gasteiger partial charge in [-0.1, -0.05) is 19.9 Å². The van der Waals surface area contributed by atoms with E-state index < -0.39 is 23.5 Å². The number of ether oxygens (including phenoxy) is 1. The Hall–Kier alpha value is -1.63. The summed E-state index contributed by atoms with van der Waals surface area (Å²) < 4.78 is 48.9. The molecular weight excluding hydrogens is 401 g/mol. The van der Waals surface area contributed by atoms with E-state index in [1.54, 1.807) is 18.2 Å². The van der Waals surface area contributed by atoms with Crippen LogP contribution in [0.1, 0.15) is 73.9 Å². The SMILES string of the molecule is COC(=O)c1ccc2c(c1)CCCC(C1CCC(C)(C)CC1)=C2OSC(F)(F)F. The molecule has 0 bridgehead atoms. The fourth-order valence-corrected chi connectivity index (χ4v) is 4.72. The second kappa shape index (κ2) is 8.62. The lowest BCUT2D eigenvalue weighted by molar-refractivity contribution is -0.0376. The lowest BCUT2D eigenvalue weighted by Crippen LogP contribution is -2.23. The van der Waals surface area contributed by atoms with Crippen molar-refractivity contribution in [2.24, 2.45) is 11.3 Å². The van der Waals surface area contributed by atoms with Crippen molar-refractivity contribution in [3.63, 3.8) is 0 Å². The lowest BCUT2D eigenvalue weighted by atomic mass is 9.70. The van der Waals surface area contributed by atoms with Crippen molar-refractivity contribution >= 4 is 23.8 Å². The molecule has 0 atom stereocenters. The molecule has 0 unspecified atom stereocenters. The molecule has 3 rings (SSSR count). The second-order valence-electron chi connectivity index (χ2n) is 8.62. The van der Waals surface area contributed by atoms with Gasteiger partial charge >= 0.3 is 11.5 Å². The van der Waals surface area contributed by atoms with Crippen LogP contribution < -0.4 is 0 Å². The number of methoxy groups -OCH3 is 1. The molecule has 0 N–H and O–H groups in total. The first-order valence-corrected chi connectivity index (χ1v) is 10.7. The molecule has 7 heteroatoms. The van der Waals surface area contributed by atoms with E-state index in [0.29, 0.717) is 29.7 Å². The number of carbonyl (C=O) groups is 1. The van der Waals surface area contributed by atoms with Gasteiger partial charge in [-0.05, 0) is 79.5 Å². The molecule has 29 heavy (non-hydrogen) atoms. The molecule has 160 valence electrons. The number of hydrogen-bond acceptors (Lipinski definition) is 4. The Bertz CT molecular complexity index is 789. The maximum atomic E-state index is 12.9. The molecule has 0 aromatic heterocycles. The summed E-state index contributed by atoms with van der Waals surface area (Å²) in [5, 5.41) is 0. The van der Waals surface area contributed by atoms with Crippen LogP contribution in [0.15, 0.2) is 23.8 Å². The Labute approximate surface area is 174 Å². The standard InChI is InChI=1S/C22H27F3O3S/c1-21(2)11-9-14(10-12-21)17-6-4-5-15-13-16(20(26)27-3)7-8-18(15)19(17)28-29-22(23,24)25/h7-8,13-14H,4-6,9-12H2,1-3H3. The zero-order valence-corrected chi connectivity index (χ0v) is 17.8. The van der Waals surface area contributed by atoms with Gasteiger partial charge in [0.2, 0.25) is 0 Å². The van der Waals surface area contributed by atoms with Crippen LogP contribution in [0.2, 0.25) is 0 Å². The third-order valence-electron chi connectivity index (χ3n) is 6.01. The van der Waals surface area contributed by atoms with Gasteiger partial charge in [0.25, 0.3) is 0 Å². The van der Waals surface area contributed by atoms with E-state index in [4.69, 9.17) is 8.92 Å². The summed E-state index contributed by atoms with van der Waals surface area (Å²) >= 11 is -0.454. The van der Waals surface area contributed by atoms with Crippen molar-refractivity contribution in [2.75, 3.05) is 7.11 Å². The summed E-state index contributed by atoms with van der Waals surface area (Å²) in [6.07, 6.45) is 6.23. The molecule has 2 aliphatic rings. The molecule has 0 spiro atoms. The first-order valence-electron chi connectivity index (χ1n) is 9.97. The van der Waals surface area contributed by atoms with Gasteiger partial charge in [0.05, 0.1) is 12.7 Å². The fraction of sp³-hybridized carbons (Fsp3) is 0.591. The van der Waals surface area contributed by atoms with E-state index in [-0.39, 0.29) is 11.3 Å². The highest BCUT2D eigenvalue weighted by Crippen LogP contribution is 2.47. The minimum atomic E-state index is -4.48. The number of aryl methyl sites for hydroxylation is 1. The number of allylic oxidation sites excluding steroid dienone is 1. The van der Waals surface area contributed by atoms with Crippen molar-refractivity contribution in [1.82, 2.24) is 0 Å². The number of halogens is 3. The molecule has 0 heterocycles. The number of rotatable bonds is 4. The van der Waals surface area contributed by atoms with Gasteiger partial charge in [-0.3, -0.25) is 0 Å². The smallest absolute Gasteiger partial charge is 0.465 e. The number of alkyl halides is 3. The van der Waals surface area contributed by atoms with Crippen molar-refractivity contribution < 1.29 is 26.9 Å². The zero-order chi connectivity index (χ0) is 21.2. The van der Waals surface area contributed by atoms with Gasteiger partial charge in [-0.2, -0.15) is 13.2 Å². The van der Waals surface area contributed by atoms with Gasteiger partial charge in [0.1, 0.15) is 5.76 Å².